The Kier molecular flexibility index (Phi) is 170. The van der Waals surface area contributed by atoms with Gasteiger partial charge in [0.15, 0.2) is 0 Å². The summed E-state index contributed by atoms with van der Waals surface area (Å²) in [4.78, 5) is 17.1. The first kappa shape index (κ1) is 53.7. The van der Waals surface area contributed by atoms with Gasteiger partial charge >= 0.3 is 108 Å². The van der Waals surface area contributed by atoms with Gasteiger partial charge in [-0.15, -0.1) is 0 Å². The van der Waals surface area contributed by atoms with Gasteiger partial charge in [0.1, 0.15) is 0 Å². The third-order valence-electron chi connectivity index (χ3n) is 0. The van der Waals surface area contributed by atoms with Crippen molar-refractivity contribution in [3.05, 3.63) is 15.3 Å². The van der Waals surface area contributed by atoms with Crippen LogP contribution in [0.1, 0.15) is 6.92 Å². The summed E-state index contributed by atoms with van der Waals surface area (Å²) in [6.07, 6.45) is 0. The van der Waals surface area contributed by atoms with Crippen LogP contribution in [-0.2, 0) is 4.79 Å². The number of carbonyl (C=O) groups excluding carboxylic acids is 1. The smallest absolute Gasteiger partial charge is 1.00 e. The molecule has 0 unspecified atom stereocenters. The quantitative estimate of drug-likeness (QED) is 0.251. The van der Waals surface area contributed by atoms with Crippen molar-refractivity contribution in [2.75, 3.05) is 0 Å². The van der Waals surface area contributed by atoms with Crippen molar-refractivity contribution in [2.45, 2.75) is 6.92 Å². The van der Waals surface area contributed by atoms with Crippen LogP contribution in [0.25, 0.3) is 0 Å². The fourth-order valence-electron chi connectivity index (χ4n) is 0. The first-order valence-electron chi connectivity index (χ1n) is 1.46. The fourth-order valence-corrected chi connectivity index (χ4v) is 0. The molecule has 0 N–H and O–H groups in total. The molecule has 6 nitrogen and oxygen atoms in total. The topological polar surface area (TPSA) is 106 Å². The Morgan fingerprint density at radius 3 is 1.14 bits per heavy atom. The predicted octanol–water partition coefficient (Wildman–Crippen LogP) is -19.5. The Bertz CT molecular complexity index is 93.0. The van der Waals surface area contributed by atoms with Gasteiger partial charge in [0, 0.05) is 5.97 Å². The van der Waals surface area contributed by atoms with E-state index in [1.807, 2.05) is 0 Å². The Balaban J connectivity index is -0.00000000600. The summed E-state index contributed by atoms with van der Waals surface area (Å²) >= 11 is 0. The van der Waals surface area contributed by atoms with Crippen molar-refractivity contribution < 1.29 is 152 Å². The molecule has 0 spiro atoms. The predicted molar refractivity (Wildman–Crippen MR) is 21.0 cm³/mol. The number of nitrogens with zero attached hydrogens (tertiary/aromatic N) is 1. The summed E-state index contributed by atoms with van der Waals surface area (Å²) < 4.78 is 0. The average Bonchev–Trinajstić information content (AvgIpc) is 1.25. The molecule has 0 aromatic carbocycles. The number of carboxylic acid groups (broad SMARTS) is 1. The van der Waals surface area contributed by atoms with Crippen molar-refractivity contribution in [3.63, 3.8) is 0 Å². The maximum absolute atomic E-state index is 8.89. The van der Waals surface area contributed by atoms with E-state index < -0.39 is 11.1 Å². The SMILES string of the molecule is CC(=O)[O-].O=[N+]([O-])[O-].[Br-].[Cl-].[Li+].[Na+].[Na+].[Na+]. The molecule has 0 fully saturated rings. The van der Waals surface area contributed by atoms with E-state index in [1.165, 1.54) is 0 Å². The van der Waals surface area contributed by atoms with Gasteiger partial charge in [0.25, 0.3) is 0 Å². The van der Waals surface area contributed by atoms with Gasteiger partial charge < -0.3 is 54.6 Å². The number of halogens is 2. The van der Waals surface area contributed by atoms with Crippen LogP contribution in [0.2, 0.25) is 0 Å². The summed E-state index contributed by atoms with van der Waals surface area (Å²) in [7, 11) is 0. The largest absolute Gasteiger partial charge is 1.00 e. The second kappa shape index (κ2) is 44.4. The van der Waals surface area contributed by atoms with E-state index >= 15 is 0 Å². The Morgan fingerprint density at radius 1 is 1.14 bits per heavy atom. The molecule has 0 aromatic rings. The van der Waals surface area contributed by atoms with Crippen molar-refractivity contribution in [1.29, 1.82) is 0 Å². The normalized spacial score (nSPS) is 3.50. The molecule has 0 saturated heterocycles. The number of carboxylic acids is 1. The summed E-state index contributed by atoms with van der Waals surface area (Å²) in [6, 6.07) is 0. The van der Waals surface area contributed by atoms with E-state index in [0.717, 1.165) is 6.92 Å². The number of rotatable bonds is 0. The Hall–Kier alpha value is 3.04. The minimum Gasteiger partial charge on any atom is -1.00 e. The van der Waals surface area contributed by atoms with E-state index in [9.17, 15) is 0 Å². The summed E-state index contributed by atoms with van der Waals surface area (Å²) in [5.41, 5.74) is 0. The van der Waals surface area contributed by atoms with E-state index in [4.69, 9.17) is 25.2 Å². The van der Waals surface area contributed by atoms with Gasteiger partial charge in [-0.3, -0.25) is 0 Å². The van der Waals surface area contributed by atoms with Gasteiger partial charge in [-0.25, -0.2) is 0 Å². The van der Waals surface area contributed by atoms with Crippen LogP contribution in [0.15, 0.2) is 0 Å². The fraction of sp³-hybridized carbons (Fsp3) is 0.500. The number of aliphatic carboxylic acids is 1. The third-order valence-corrected chi connectivity index (χ3v) is 0. The van der Waals surface area contributed by atoms with E-state index in [0.29, 0.717) is 0 Å². The zero-order valence-corrected chi connectivity index (χ0v) is 17.1. The molecule has 0 aromatic heterocycles. The van der Waals surface area contributed by atoms with Crippen LogP contribution in [0.5, 0.6) is 0 Å². The van der Waals surface area contributed by atoms with Gasteiger partial charge in [-0.05, 0) is 6.92 Å². The molecule has 0 radical (unpaired) electrons. The Labute approximate surface area is 177 Å². The molecule has 64 valence electrons. The molecule has 0 heterocycles. The molecule has 0 bridgehead atoms. The third kappa shape index (κ3) is 321. The minimum absolute atomic E-state index is 0. The summed E-state index contributed by atoms with van der Waals surface area (Å²) in [5, 5.41) is 23.6. The Morgan fingerprint density at radius 2 is 1.14 bits per heavy atom. The van der Waals surface area contributed by atoms with Crippen LogP contribution >= 0.6 is 0 Å². The molecule has 0 rings (SSSR count). The maximum Gasteiger partial charge on any atom is 1.00 e. The minimum atomic E-state index is -1.75. The molecule has 12 heteroatoms. The van der Waals surface area contributed by atoms with E-state index in [2.05, 4.69) is 0 Å². The second-order valence-corrected chi connectivity index (χ2v) is 0.715. The summed E-state index contributed by atoms with van der Waals surface area (Å²) in [5.74, 6) is -1.08. The molecular formula is C2H3BrClLiNNa3O5. The summed E-state index contributed by atoms with van der Waals surface area (Å²) in [6.45, 7) is 0.972. The maximum atomic E-state index is 8.89. The van der Waals surface area contributed by atoms with Gasteiger partial charge in [-0.2, -0.15) is 0 Å². The van der Waals surface area contributed by atoms with Crippen molar-refractivity contribution >= 4 is 5.97 Å². The number of hydrogen-bond acceptors (Lipinski definition) is 5. The van der Waals surface area contributed by atoms with Crippen molar-refractivity contribution in [1.82, 2.24) is 0 Å². The van der Waals surface area contributed by atoms with Crippen molar-refractivity contribution in [2.24, 2.45) is 0 Å². The van der Waals surface area contributed by atoms with Crippen molar-refractivity contribution in [3.8, 4) is 0 Å². The average molecular weight is 312 g/mol. The molecule has 14 heavy (non-hydrogen) atoms. The van der Waals surface area contributed by atoms with Crippen LogP contribution < -0.4 is 142 Å². The van der Waals surface area contributed by atoms with Gasteiger partial charge in [-0.1, -0.05) is 0 Å². The molecule has 0 aliphatic rings. The zero-order valence-electron chi connectivity index (χ0n) is 8.74. The van der Waals surface area contributed by atoms with Gasteiger partial charge in [0.2, 0.25) is 0 Å². The molecule has 0 atom stereocenters. The van der Waals surface area contributed by atoms with Crippen LogP contribution in [-0.4, -0.2) is 11.1 Å². The molecule has 0 aliphatic carbocycles. The van der Waals surface area contributed by atoms with Crippen LogP contribution in [0.4, 0.5) is 0 Å². The first-order valence-corrected chi connectivity index (χ1v) is 1.46. The number of carbonyl (C=O) groups is 1. The second-order valence-electron chi connectivity index (χ2n) is 0.715. The van der Waals surface area contributed by atoms with Crippen LogP contribution in [0, 0.1) is 15.3 Å². The molecule has 0 amide bonds. The molecule has 0 saturated carbocycles. The standard InChI is InChI=1S/C2H4O2.BrH.ClH.Li.NO3.3Na/c1-2(3)4;;;;2-1(3)4;;;/h1H3,(H,3,4);2*1H;;;;;/q;;;+1;-1;3*+1/p-3. The van der Waals surface area contributed by atoms with Crippen LogP contribution in [0.3, 0.4) is 0 Å². The molecular weight excluding hydrogens is 309 g/mol. The number of hydrogen-bond donors (Lipinski definition) is 0. The monoisotopic (exact) mass is 311 g/mol. The zero-order chi connectivity index (χ0) is 7.15. The van der Waals surface area contributed by atoms with E-state index in [1.54, 1.807) is 0 Å². The van der Waals surface area contributed by atoms with Gasteiger partial charge in [0.05, 0.1) is 5.09 Å². The van der Waals surface area contributed by atoms with E-state index in [-0.39, 0.29) is 137 Å². The first-order chi connectivity index (χ1) is 3.46. The molecule has 0 aliphatic heterocycles.